The molecule has 7 heteroatoms. The number of benzene rings is 1. The third-order valence-electron chi connectivity index (χ3n) is 4.61. The summed E-state index contributed by atoms with van der Waals surface area (Å²) in [5.41, 5.74) is 2.12. The first-order chi connectivity index (χ1) is 12.1. The van der Waals surface area contributed by atoms with Crippen LogP contribution in [0.3, 0.4) is 0 Å². The normalized spacial score (nSPS) is 14.6. The second-order valence-electron chi connectivity index (χ2n) is 6.23. The summed E-state index contributed by atoms with van der Waals surface area (Å²) in [6.45, 7) is 1.04. The first kappa shape index (κ1) is 15.4. The van der Waals surface area contributed by atoms with Crippen molar-refractivity contribution >= 4 is 22.8 Å². The number of rotatable bonds is 5. The highest BCUT2D eigenvalue weighted by atomic mass is 16.4. The van der Waals surface area contributed by atoms with Crippen molar-refractivity contribution in [3.8, 4) is 0 Å². The highest BCUT2D eigenvalue weighted by molar-refractivity contribution is 5.85. The fourth-order valence-corrected chi connectivity index (χ4v) is 3.15. The highest BCUT2D eigenvalue weighted by Crippen LogP contribution is 2.27. The largest absolute Gasteiger partial charge is 0.476 e. The van der Waals surface area contributed by atoms with Crippen LogP contribution in [0, 0.1) is 0 Å². The van der Waals surface area contributed by atoms with Crippen LogP contribution in [0.25, 0.3) is 10.9 Å². The summed E-state index contributed by atoms with van der Waals surface area (Å²) < 4.78 is 5.19. The van der Waals surface area contributed by atoms with Crippen molar-refractivity contribution in [2.75, 3.05) is 13.1 Å². The maximum atomic E-state index is 12.3. The van der Waals surface area contributed by atoms with E-state index in [0.29, 0.717) is 31.8 Å². The summed E-state index contributed by atoms with van der Waals surface area (Å²) in [6.07, 6.45) is 4.23. The predicted octanol–water partition coefficient (Wildman–Crippen LogP) is 2.41. The van der Waals surface area contributed by atoms with Gasteiger partial charge in [0.2, 0.25) is 11.8 Å². The third-order valence-corrected chi connectivity index (χ3v) is 4.61. The van der Waals surface area contributed by atoms with Gasteiger partial charge in [-0.25, -0.2) is 9.78 Å². The Kier molecular flexibility index (Phi) is 3.76. The number of nitrogens with zero attached hydrogens (tertiary/aromatic N) is 2. The number of aromatic nitrogens is 2. The molecule has 0 bridgehead atoms. The molecule has 2 aromatic heterocycles. The van der Waals surface area contributed by atoms with Crippen molar-refractivity contribution in [3.63, 3.8) is 0 Å². The summed E-state index contributed by atoms with van der Waals surface area (Å²) in [5.74, 6) is -0.657. The minimum Gasteiger partial charge on any atom is -0.476 e. The summed E-state index contributed by atoms with van der Waals surface area (Å²) in [7, 11) is 0. The van der Waals surface area contributed by atoms with E-state index in [1.165, 1.54) is 0 Å². The van der Waals surface area contributed by atoms with Crippen molar-refractivity contribution in [2.45, 2.75) is 18.8 Å². The molecule has 0 spiro atoms. The molecule has 2 N–H and O–H groups in total. The number of oxazole rings is 1. The third kappa shape index (κ3) is 2.88. The molecule has 3 heterocycles. The Hall–Kier alpha value is -3.09. The van der Waals surface area contributed by atoms with Crippen molar-refractivity contribution in [1.29, 1.82) is 0 Å². The molecule has 3 aromatic rings. The van der Waals surface area contributed by atoms with Gasteiger partial charge in [0, 0.05) is 36.6 Å². The number of aromatic carboxylic acids is 1. The van der Waals surface area contributed by atoms with Crippen LogP contribution in [0.5, 0.6) is 0 Å². The first-order valence-electron chi connectivity index (χ1n) is 8.13. The number of carboxylic acid groups (broad SMARTS) is 1. The fraction of sp³-hybridized carbons (Fsp3) is 0.278. The summed E-state index contributed by atoms with van der Waals surface area (Å²) in [5, 5.41) is 10.0. The number of H-pyrrole nitrogens is 1. The zero-order valence-electron chi connectivity index (χ0n) is 13.4. The number of para-hydroxylation sites is 1. The standard InChI is InChI=1S/C18H17N3O4/c22-16(6-5-11-7-19-14-4-2-1-3-13(11)14)21-8-12(9-21)17-20-15(10-25-17)18(23)24/h1-4,7,10,12,19H,5-6,8-9H2,(H,23,24). The molecule has 128 valence electrons. The summed E-state index contributed by atoms with van der Waals surface area (Å²) >= 11 is 0. The smallest absolute Gasteiger partial charge is 0.357 e. The molecule has 7 nitrogen and oxygen atoms in total. The van der Waals surface area contributed by atoms with E-state index in [1.54, 1.807) is 4.90 Å². The maximum Gasteiger partial charge on any atom is 0.357 e. The number of hydrogen-bond donors (Lipinski definition) is 2. The van der Waals surface area contributed by atoms with Gasteiger partial charge in [-0.2, -0.15) is 0 Å². The van der Waals surface area contributed by atoms with Crippen LogP contribution in [0.2, 0.25) is 0 Å². The number of carbonyl (C=O) groups is 2. The van der Waals surface area contributed by atoms with E-state index >= 15 is 0 Å². The topological polar surface area (TPSA) is 99.4 Å². The van der Waals surface area contributed by atoms with Crippen LogP contribution in [0.1, 0.15) is 34.3 Å². The Morgan fingerprint density at radius 1 is 1.32 bits per heavy atom. The molecule has 0 radical (unpaired) electrons. The van der Waals surface area contributed by atoms with E-state index in [9.17, 15) is 9.59 Å². The monoisotopic (exact) mass is 339 g/mol. The lowest BCUT2D eigenvalue weighted by molar-refractivity contribution is -0.135. The number of carboxylic acids is 1. The zero-order chi connectivity index (χ0) is 17.4. The lowest BCUT2D eigenvalue weighted by atomic mass is 9.99. The van der Waals surface area contributed by atoms with E-state index in [2.05, 4.69) is 9.97 Å². The van der Waals surface area contributed by atoms with Crippen molar-refractivity contribution in [2.24, 2.45) is 0 Å². The molecule has 0 unspecified atom stereocenters. The Labute approximate surface area is 143 Å². The van der Waals surface area contributed by atoms with Crippen molar-refractivity contribution < 1.29 is 19.1 Å². The van der Waals surface area contributed by atoms with Gasteiger partial charge in [-0.15, -0.1) is 0 Å². The number of carbonyl (C=O) groups excluding carboxylic acids is 1. The van der Waals surface area contributed by atoms with Crippen LogP contribution in [0.15, 0.2) is 41.1 Å². The molecule has 1 saturated heterocycles. The molecule has 1 aromatic carbocycles. The Morgan fingerprint density at radius 3 is 2.88 bits per heavy atom. The minimum atomic E-state index is -1.11. The van der Waals surface area contributed by atoms with Gasteiger partial charge < -0.3 is 19.4 Å². The second-order valence-corrected chi connectivity index (χ2v) is 6.23. The average molecular weight is 339 g/mol. The Balaban J connectivity index is 1.32. The molecule has 25 heavy (non-hydrogen) atoms. The van der Waals surface area contributed by atoms with Crippen LogP contribution in [-0.4, -0.2) is 44.9 Å². The van der Waals surface area contributed by atoms with Gasteiger partial charge in [-0.05, 0) is 18.1 Å². The molecule has 1 aliphatic heterocycles. The van der Waals surface area contributed by atoms with E-state index in [4.69, 9.17) is 9.52 Å². The number of hydrogen-bond acceptors (Lipinski definition) is 4. The van der Waals surface area contributed by atoms with Crippen LogP contribution < -0.4 is 0 Å². The number of aryl methyl sites for hydroxylation is 1. The van der Waals surface area contributed by atoms with Gasteiger partial charge >= 0.3 is 5.97 Å². The molecule has 1 aliphatic rings. The van der Waals surface area contributed by atoms with Crippen LogP contribution >= 0.6 is 0 Å². The minimum absolute atomic E-state index is 0.0230. The lowest BCUT2D eigenvalue weighted by Crippen LogP contribution is -2.48. The second kappa shape index (κ2) is 6.08. The highest BCUT2D eigenvalue weighted by Gasteiger charge is 2.35. The first-order valence-corrected chi connectivity index (χ1v) is 8.13. The van der Waals surface area contributed by atoms with E-state index in [1.807, 2.05) is 30.5 Å². The van der Waals surface area contributed by atoms with E-state index in [-0.39, 0.29) is 17.5 Å². The van der Waals surface area contributed by atoms with Gasteiger partial charge in [0.05, 0.1) is 5.92 Å². The summed E-state index contributed by atoms with van der Waals surface area (Å²) in [4.78, 5) is 32.0. The molecule has 0 atom stereocenters. The lowest BCUT2D eigenvalue weighted by Gasteiger charge is -2.37. The quantitative estimate of drug-likeness (QED) is 0.743. The van der Waals surface area contributed by atoms with Crippen molar-refractivity contribution in [3.05, 3.63) is 53.9 Å². The van der Waals surface area contributed by atoms with Crippen LogP contribution in [-0.2, 0) is 11.2 Å². The van der Waals surface area contributed by atoms with Gasteiger partial charge in [-0.1, -0.05) is 18.2 Å². The Morgan fingerprint density at radius 2 is 2.12 bits per heavy atom. The van der Waals surface area contributed by atoms with E-state index < -0.39 is 5.97 Å². The molecule has 4 rings (SSSR count). The SMILES string of the molecule is O=C(O)c1coc(C2CN(C(=O)CCc3c[nH]c4ccccc34)C2)n1. The predicted molar refractivity (Wildman–Crippen MR) is 89.4 cm³/mol. The molecule has 1 fully saturated rings. The van der Waals surface area contributed by atoms with E-state index in [0.717, 1.165) is 22.7 Å². The van der Waals surface area contributed by atoms with Gasteiger partial charge in [0.15, 0.2) is 5.69 Å². The zero-order valence-corrected chi connectivity index (χ0v) is 13.4. The van der Waals surface area contributed by atoms with Gasteiger partial charge in [-0.3, -0.25) is 4.79 Å². The fourth-order valence-electron chi connectivity index (χ4n) is 3.15. The maximum absolute atomic E-state index is 12.3. The number of likely N-dealkylation sites (tertiary alicyclic amines) is 1. The number of fused-ring (bicyclic) bond motifs is 1. The number of amides is 1. The molecular weight excluding hydrogens is 322 g/mol. The van der Waals surface area contributed by atoms with Gasteiger partial charge in [0.1, 0.15) is 6.26 Å². The molecule has 0 aliphatic carbocycles. The number of nitrogens with one attached hydrogen (secondary N) is 1. The molecule has 0 saturated carbocycles. The molecule has 1 amide bonds. The van der Waals surface area contributed by atoms with Crippen molar-refractivity contribution in [1.82, 2.24) is 14.9 Å². The average Bonchev–Trinajstić information content (AvgIpc) is 3.19. The Bertz CT molecular complexity index is 937. The summed E-state index contributed by atoms with van der Waals surface area (Å²) in [6, 6.07) is 8.03. The van der Waals surface area contributed by atoms with Gasteiger partial charge in [0.25, 0.3) is 0 Å². The molecular formula is C18H17N3O4. The van der Waals surface area contributed by atoms with Crippen LogP contribution in [0.4, 0.5) is 0 Å². The number of aromatic amines is 1.